The van der Waals surface area contributed by atoms with Crippen molar-refractivity contribution in [2.24, 2.45) is 0 Å². The predicted octanol–water partition coefficient (Wildman–Crippen LogP) is 6.61. The fourth-order valence-electron chi connectivity index (χ4n) is 4.72. The number of rotatable bonds is 6. The summed E-state index contributed by atoms with van der Waals surface area (Å²) in [5, 5.41) is 13.0. The summed E-state index contributed by atoms with van der Waals surface area (Å²) < 4.78 is 0. The topological polar surface area (TPSA) is 64.9 Å². The molecule has 1 atom stereocenters. The molecule has 0 radical (unpaired) electrons. The third-order valence-electron chi connectivity index (χ3n) is 6.51. The molecule has 1 aliphatic heterocycles. The van der Waals surface area contributed by atoms with E-state index in [1.807, 2.05) is 24.3 Å². The highest BCUT2D eigenvalue weighted by atomic mass is 35.5. The monoisotopic (exact) mass is 523 g/mol. The van der Waals surface area contributed by atoms with E-state index in [0.29, 0.717) is 39.7 Å². The van der Waals surface area contributed by atoms with Crippen LogP contribution in [0.4, 0.5) is 11.5 Å². The van der Waals surface area contributed by atoms with Crippen molar-refractivity contribution >= 4 is 55.3 Å². The maximum atomic E-state index is 8.90. The van der Waals surface area contributed by atoms with E-state index < -0.39 is 0 Å². The van der Waals surface area contributed by atoms with Crippen molar-refractivity contribution in [3.05, 3.63) is 124 Å². The zero-order chi connectivity index (χ0) is 26.1. The lowest BCUT2D eigenvalue weighted by Crippen LogP contribution is -2.30. The summed E-state index contributed by atoms with van der Waals surface area (Å²) in [5.74, 6) is 0.580. The van der Waals surface area contributed by atoms with Gasteiger partial charge in [0.1, 0.15) is 12.1 Å². The Hall–Kier alpha value is -3.79. The van der Waals surface area contributed by atoms with Gasteiger partial charge in [-0.15, -0.1) is 0 Å². The van der Waals surface area contributed by atoms with Gasteiger partial charge in [-0.3, -0.25) is 5.41 Å². The maximum absolute atomic E-state index is 8.90. The van der Waals surface area contributed by atoms with Crippen LogP contribution in [0.1, 0.15) is 33.4 Å². The Bertz CT molecular complexity index is 1580. The highest BCUT2D eigenvalue weighted by Gasteiger charge is 2.26. The Morgan fingerprint density at radius 1 is 1.03 bits per heavy atom. The zero-order valence-electron chi connectivity index (χ0n) is 20.7. The first kappa shape index (κ1) is 24.9. The van der Waals surface area contributed by atoms with Crippen LogP contribution in [-0.4, -0.2) is 22.2 Å². The fraction of sp³-hybridized carbons (Fsp3) is 0.100. The van der Waals surface area contributed by atoms with Crippen LogP contribution < -0.4 is 15.7 Å². The molecule has 0 bridgehead atoms. The summed E-state index contributed by atoms with van der Waals surface area (Å²) >= 11 is 6.20. The maximum Gasteiger partial charge on any atom is 0.139 e. The Balaban J connectivity index is 1.55. The van der Waals surface area contributed by atoms with E-state index >= 15 is 0 Å². The molecule has 1 unspecified atom stereocenters. The molecule has 37 heavy (non-hydrogen) atoms. The second kappa shape index (κ2) is 10.3. The Morgan fingerprint density at radius 3 is 2.57 bits per heavy atom. The summed E-state index contributed by atoms with van der Waals surface area (Å²) in [5.41, 5.74) is 9.92. The zero-order valence-corrected chi connectivity index (χ0v) is 22.6. The predicted molar refractivity (Wildman–Crippen MR) is 159 cm³/mol. The van der Waals surface area contributed by atoms with Crippen LogP contribution in [0.25, 0.3) is 11.8 Å². The standard InChI is InChI=1S/C30H27ClN5P/c1-18-8-4-5-13-25(18)36-20(3)26-19(2)9-6-10-21(26)15-24(36)16-33-29-27(30(37)35-17-34-29)28(32)22-11-7-12-23(31)14-22/h4-15,17,32H,3,16,37H2,1-2H3,(H,33,34,35). The van der Waals surface area contributed by atoms with Gasteiger partial charge in [-0.1, -0.05) is 76.0 Å². The molecule has 2 N–H and O–H groups in total. The van der Waals surface area contributed by atoms with Crippen molar-refractivity contribution < 1.29 is 0 Å². The van der Waals surface area contributed by atoms with Crippen molar-refractivity contribution in [3.8, 4) is 0 Å². The van der Waals surface area contributed by atoms with Crippen LogP contribution >= 0.6 is 20.8 Å². The van der Waals surface area contributed by atoms with E-state index in [9.17, 15) is 0 Å². The first-order valence-corrected chi connectivity index (χ1v) is 12.8. The van der Waals surface area contributed by atoms with Crippen LogP contribution in [0.5, 0.6) is 0 Å². The van der Waals surface area contributed by atoms with Gasteiger partial charge in [0.15, 0.2) is 0 Å². The van der Waals surface area contributed by atoms with Crippen LogP contribution in [0, 0.1) is 19.3 Å². The van der Waals surface area contributed by atoms with Crippen LogP contribution in [0.3, 0.4) is 0 Å². The fourth-order valence-corrected chi connectivity index (χ4v) is 5.26. The largest absolute Gasteiger partial charge is 0.364 e. The van der Waals surface area contributed by atoms with Gasteiger partial charge in [-0.05, 0) is 54.8 Å². The number of fused-ring (bicyclic) bond motifs is 1. The molecule has 1 aliphatic rings. The lowest BCUT2D eigenvalue weighted by Gasteiger charge is -2.36. The minimum atomic E-state index is 0.300. The molecule has 0 saturated heterocycles. The number of benzene rings is 3. The van der Waals surface area contributed by atoms with Crippen LogP contribution in [0.15, 0.2) is 85.3 Å². The smallest absolute Gasteiger partial charge is 0.139 e. The van der Waals surface area contributed by atoms with Crippen molar-refractivity contribution in [2.45, 2.75) is 13.8 Å². The van der Waals surface area contributed by atoms with Crippen molar-refractivity contribution in [2.75, 3.05) is 16.8 Å². The first-order chi connectivity index (χ1) is 17.8. The number of hydrogen-bond donors (Lipinski definition) is 2. The molecule has 7 heteroatoms. The molecule has 0 spiro atoms. The van der Waals surface area contributed by atoms with E-state index in [4.69, 9.17) is 17.0 Å². The number of aromatic nitrogens is 2. The second-order valence-electron chi connectivity index (χ2n) is 8.96. The highest BCUT2D eigenvalue weighted by molar-refractivity contribution is 7.27. The molecule has 4 aromatic rings. The quantitative estimate of drug-likeness (QED) is 0.220. The summed E-state index contributed by atoms with van der Waals surface area (Å²) in [6.07, 6.45) is 3.70. The van der Waals surface area contributed by atoms with Gasteiger partial charge in [0.2, 0.25) is 0 Å². The van der Waals surface area contributed by atoms with E-state index in [1.54, 1.807) is 12.1 Å². The third kappa shape index (κ3) is 4.81. The Kier molecular flexibility index (Phi) is 6.92. The number of anilines is 2. The molecular weight excluding hydrogens is 497 g/mol. The number of nitrogens with one attached hydrogen (secondary N) is 2. The van der Waals surface area contributed by atoms with Gasteiger partial charge >= 0.3 is 0 Å². The molecule has 5 nitrogen and oxygen atoms in total. The lowest BCUT2D eigenvalue weighted by molar-refractivity contribution is 1.06. The Morgan fingerprint density at radius 2 is 1.78 bits per heavy atom. The van der Waals surface area contributed by atoms with E-state index in [-0.39, 0.29) is 0 Å². The summed E-state index contributed by atoms with van der Waals surface area (Å²) in [7, 11) is 2.62. The van der Waals surface area contributed by atoms with E-state index in [0.717, 1.165) is 33.8 Å². The molecule has 0 amide bonds. The minimum Gasteiger partial charge on any atom is -0.364 e. The third-order valence-corrected chi connectivity index (χ3v) is 7.18. The van der Waals surface area contributed by atoms with Gasteiger partial charge < -0.3 is 10.2 Å². The van der Waals surface area contributed by atoms with Crippen LogP contribution in [-0.2, 0) is 0 Å². The SMILES string of the molecule is C=C1c2c(C)cccc2C=C(CNc2ncnc(P)c2C(=N)c2cccc(Cl)c2)N1c1ccccc1C. The number of nitrogens with zero attached hydrogens (tertiary/aromatic N) is 3. The first-order valence-electron chi connectivity index (χ1n) is 11.9. The van der Waals surface area contributed by atoms with E-state index in [1.165, 1.54) is 11.9 Å². The molecular formula is C30H27ClN5P. The number of hydrogen-bond acceptors (Lipinski definition) is 5. The molecule has 3 aromatic carbocycles. The summed E-state index contributed by atoms with van der Waals surface area (Å²) in [6, 6.07) is 21.9. The van der Waals surface area contributed by atoms with E-state index in [2.05, 4.69) is 86.3 Å². The Labute approximate surface area is 224 Å². The van der Waals surface area contributed by atoms with Crippen molar-refractivity contribution in [1.29, 1.82) is 5.41 Å². The average molecular weight is 524 g/mol. The molecule has 2 heterocycles. The normalized spacial score (nSPS) is 12.7. The van der Waals surface area contributed by atoms with Gasteiger partial charge in [-0.25, -0.2) is 9.97 Å². The second-order valence-corrected chi connectivity index (χ2v) is 9.95. The van der Waals surface area contributed by atoms with Crippen LogP contribution in [0.2, 0.25) is 5.02 Å². The molecule has 5 rings (SSSR count). The molecule has 0 fully saturated rings. The summed E-state index contributed by atoms with van der Waals surface area (Å²) in [4.78, 5) is 11.0. The number of aryl methyl sites for hydroxylation is 2. The van der Waals surface area contributed by atoms with Crippen molar-refractivity contribution in [3.63, 3.8) is 0 Å². The van der Waals surface area contributed by atoms with Gasteiger partial charge in [-0.2, -0.15) is 0 Å². The average Bonchev–Trinajstić information content (AvgIpc) is 2.88. The molecule has 0 aliphatic carbocycles. The minimum absolute atomic E-state index is 0.300. The van der Waals surface area contributed by atoms with Gasteiger partial charge in [0.05, 0.1) is 23.3 Å². The summed E-state index contributed by atoms with van der Waals surface area (Å²) in [6.45, 7) is 9.20. The molecule has 184 valence electrons. The highest BCUT2D eigenvalue weighted by Crippen LogP contribution is 2.39. The van der Waals surface area contributed by atoms with Crippen molar-refractivity contribution in [1.82, 2.24) is 9.97 Å². The number of para-hydroxylation sites is 1. The molecule has 0 saturated carbocycles. The van der Waals surface area contributed by atoms with Gasteiger partial charge in [0, 0.05) is 33.2 Å². The van der Waals surface area contributed by atoms with Gasteiger partial charge in [0.25, 0.3) is 0 Å². The lowest BCUT2D eigenvalue weighted by atomic mass is 9.93. The molecule has 1 aromatic heterocycles. The number of halogens is 1.